The zero-order chi connectivity index (χ0) is 7.56. The molecule has 60 valence electrons. The van der Waals surface area contributed by atoms with Crippen molar-refractivity contribution >= 4 is 11.6 Å². The number of carbonyl (C=O) groups is 1. The van der Waals surface area contributed by atoms with E-state index in [1.807, 2.05) is 0 Å². The van der Waals surface area contributed by atoms with E-state index in [4.69, 9.17) is 11.5 Å². The number of rotatable bonds is 1. The zero-order valence-corrected chi connectivity index (χ0v) is 5.87. The fourth-order valence-electron chi connectivity index (χ4n) is 0.647. The van der Waals surface area contributed by atoms with E-state index in [2.05, 4.69) is 0 Å². The number of primary amides is 1. The average molecular weight is 154 g/mol. The predicted molar refractivity (Wildman–Crippen MR) is 43.0 cm³/mol. The fourth-order valence-corrected chi connectivity index (χ4v) is 0.647. The Morgan fingerprint density at radius 1 is 1.18 bits per heavy atom. The Morgan fingerprint density at radius 2 is 1.64 bits per heavy atom. The lowest BCUT2D eigenvalue weighted by Crippen LogP contribution is -2.10. The minimum Gasteiger partial charge on any atom is -0.412 e. The van der Waals surface area contributed by atoms with Gasteiger partial charge >= 0.3 is 0 Å². The molecule has 0 aliphatic carbocycles. The van der Waals surface area contributed by atoms with Gasteiger partial charge in [-0.15, -0.1) is 0 Å². The average Bonchev–Trinajstić information content (AvgIpc) is 1.88. The molecule has 1 amide bonds. The molecule has 1 aromatic carbocycles. The van der Waals surface area contributed by atoms with Gasteiger partial charge in [0.25, 0.3) is 0 Å². The highest BCUT2D eigenvalue weighted by atomic mass is 16.1. The maximum absolute atomic E-state index is 10.5. The third-order valence-corrected chi connectivity index (χ3v) is 1.20. The Bertz CT molecular complexity index is 243. The van der Waals surface area contributed by atoms with Gasteiger partial charge in [0, 0.05) is 11.3 Å². The lowest BCUT2D eigenvalue weighted by atomic mass is 10.2. The smallest absolute Gasteiger partial charge is 0.248 e. The highest BCUT2D eigenvalue weighted by molar-refractivity contribution is 5.92. The second-order valence-corrected chi connectivity index (χ2v) is 1.99. The number of anilines is 1. The second-order valence-electron chi connectivity index (χ2n) is 1.99. The zero-order valence-electron chi connectivity index (χ0n) is 5.87. The first kappa shape index (κ1) is 9.45. The number of hydrogen-bond donors (Lipinski definition) is 2. The summed E-state index contributed by atoms with van der Waals surface area (Å²) in [7, 11) is 0. The monoisotopic (exact) mass is 154 g/mol. The van der Waals surface area contributed by atoms with Crippen molar-refractivity contribution in [2.24, 2.45) is 5.73 Å². The molecule has 0 saturated carbocycles. The van der Waals surface area contributed by atoms with Gasteiger partial charge in [-0.25, -0.2) is 0 Å². The van der Waals surface area contributed by atoms with Crippen LogP contribution in [-0.4, -0.2) is 11.4 Å². The molecule has 4 heteroatoms. The van der Waals surface area contributed by atoms with E-state index in [0.29, 0.717) is 11.3 Å². The summed E-state index contributed by atoms with van der Waals surface area (Å²) in [5, 5.41) is 0. The standard InChI is InChI=1S/C7H8N2O.H2O/c8-6-3-1-5(2-4-6)7(9)10;/h1-4H,8H2,(H2,9,10);1H2. The van der Waals surface area contributed by atoms with Gasteiger partial charge < -0.3 is 16.9 Å². The van der Waals surface area contributed by atoms with E-state index in [0.717, 1.165) is 0 Å². The van der Waals surface area contributed by atoms with Crippen LogP contribution >= 0.6 is 0 Å². The summed E-state index contributed by atoms with van der Waals surface area (Å²) < 4.78 is 0. The molecule has 0 fully saturated rings. The molecule has 0 aliphatic rings. The van der Waals surface area contributed by atoms with Crippen molar-refractivity contribution in [1.29, 1.82) is 0 Å². The maximum Gasteiger partial charge on any atom is 0.248 e. The second kappa shape index (κ2) is 3.58. The number of carbonyl (C=O) groups excluding carboxylic acids is 1. The molecule has 0 aromatic heterocycles. The molecule has 0 spiro atoms. The Hall–Kier alpha value is -1.55. The van der Waals surface area contributed by atoms with Crippen LogP contribution in [0.1, 0.15) is 10.4 Å². The largest absolute Gasteiger partial charge is 0.412 e. The minimum absolute atomic E-state index is 0. The quantitative estimate of drug-likeness (QED) is 0.535. The van der Waals surface area contributed by atoms with E-state index in [1.54, 1.807) is 24.3 Å². The normalized spacial score (nSPS) is 8.36. The molecular weight excluding hydrogens is 144 g/mol. The van der Waals surface area contributed by atoms with Gasteiger partial charge in [0.1, 0.15) is 0 Å². The first-order chi connectivity index (χ1) is 4.70. The molecule has 0 radical (unpaired) electrons. The van der Waals surface area contributed by atoms with Crippen molar-refractivity contribution in [2.75, 3.05) is 5.73 Å². The van der Waals surface area contributed by atoms with E-state index in [1.165, 1.54) is 0 Å². The molecule has 0 heterocycles. The lowest BCUT2D eigenvalue weighted by molar-refractivity contribution is 0.100. The van der Waals surface area contributed by atoms with Crippen molar-refractivity contribution < 1.29 is 10.3 Å². The third-order valence-electron chi connectivity index (χ3n) is 1.20. The minimum atomic E-state index is -0.431. The van der Waals surface area contributed by atoms with Crippen LogP contribution in [0.25, 0.3) is 0 Å². The van der Waals surface area contributed by atoms with E-state index in [9.17, 15) is 4.79 Å². The van der Waals surface area contributed by atoms with E-state index >= 15 is 0 Å². The summed E-state index contributed by atoms with van der Waals surface area (Å²) >= 11 is 0. The fraction of sp³-hybridized carbons (Fsp3) is 0. The molecule has 0 saturated heterocycles. The number of nitrogens with two attached hydrogens (primary N) is 2. The van der Waals surface area contributed by atoms with Gasteiger partial charge in [-0.1, -0.05) is 0 Å². The summed E-state index contributed by atoms with van der Waals surface area (Å²) in [6.45, 7) is 0. The summed E-state index contributed by atoms with van der Waals surface area (Å²) in [6.07, 6.45) is 0. The van der Waals surface area contributed by atoms with Crippen molar-refractivity contribution in [3.05, 3.63) is 29.8 Å². The van der Waals surface area contributed by atoms with Crippen LogP contribution in [-0.2, 0) is 0 Å². The Morgan fingerprint density at radius 3 is 2.00 bits per heavy atom. The summed E-state index contributed by atoms with van der Waals surface area (Å²) in [5.41, 5.74) is 11.5. The maximum atomic E-state index is 10.5. The van der Waals surface area contributed by atoms with Crippen LogP contribution in [0.5, 0.6) is 0 Å². The summed E-state index contributed by atoms with van der Waals surface area (Å²) in [4.78, 5) is 10.5. The highest BCUT2D eigenvalue weighted by Gasteiger charge is 1.96. The van der Waals surface area contributed by atoms with Crippen molar-refractivity contribution in [2.45, 2.75) is 0 Å². The van der Waals surface area contributed by atoms with Crippen LogP contribution in [0.3, 0.4) is 0 Å². The Balaban J connectivity index is 0.000001000. The molecule has 1 aromatic rings. The molecule has 1 rings (SSSR count). The highest BCUT2D eigenvalue weighted by Crippen LogP contribution is 2.03. The van der Waals surface area contributed by atoms with Crippen LogP contribution in [0, 0.1) is 0 Å². The van der Waals surface area contributed by atoms with Gasteiger partial charge in [0.05, 0.1) is 0 Å². The van der Waals surface area contributed by atoms with Gasteiger partial charge in [0.15, 0.2) is 0 Å². The third kappa shape index (κ3) is 2.27. The lowest BCUT2D eigenvalue weighted by Gasteiger charge is -1.93. The molecule has 4 nitrogen and oxygen atoms in total. The van der Waals surface area contributed by atoms with Gasteiger partial charge in [0.2, 0.25) is 5.91 Å². The van der Waals surface area contributed by atoms with Crippen LogP contribution in [0.15, 0.2) is 24.3 Å². The predicted octanol–water partition coefficient (Wildman–Crippen LogP) is -0.457. The number of hydrogen-bond acceptors (Lipinski definition) is 2. The SMILES string of the molecule is NC(=O)c1ccc(N)cc1.O. The molecular formula is C7H10N2O2. The molecule has 11 heavy (non-hydrogen) atoms. The first-order valence-electron chi connectivity index (χ1n) is 2.85. The Labute approximate surface area is 64.1 Å². The van der Waals surface area contributed by atoms with E-state index < -0.39 is 5.91 Å². The molecule has 6 N–H and O–H groups in total. The summed E-state index contributed by atoms with van der Waals surface area (Å²) in [6, 6.07) is 6.47. The first-order valence-corrected chi connectivity index (χ1v) is 2.85. The van der Waals surface area contributed by atoms with Crippen molar-refractivity contribution in [3.8, 4) is 0 Å². The molecule has 0 bridgehead atoms. The van der Waals surface area contributed by atoms with Gasteiger partial charge in [-0.3, -0.25) is 4.79 Å². The molecule has 0 unspecified atom stereocenters. The molecule has 0 aliphatic heterocycles. The van der Waals surface area contributed by atoms with E-state index in [-0.39, 0.29) is 5.48 Å². The topological polar surface area (TPSA) is 101 Å². The number of amides is 1. The number of benzene rings is 1. The van der Waals surface area contributed by atoms with Crippen LogP contribution in [0.2, 0.25) is 0 Å². The van der Waals surface area contributed by atoms with Gasteiger partial charge in [-0.05, 0) is 24.3 Å². The Kier molecular flexibility index (Phi) is 3.07. The van der Waals surface area contributed by atoms with Crippen molar-refractivity contribution in [1.82, 2.24) is 0 Å². The summed E-state index contributed by atoms with van der Waals surface area (Å²) in [5.74, 6) is -0.431. The molecule has 0 atom stereocenters. The van der Waals surface area contributed by atoms with Crippen LogP contribution < -0.4 is 11.5 Å². The number of nitrogen functional groups attached to an aromatic ring is 1. The van der Waals surface area contributed by atoms with Crippen LogP contribution in [0.4, 0.5) is 5.69 Å². The van der Waals surface area contributed by atoms with Crippen molar-refractivity contribution in [3.63, 3.8) is 0 Å². The van der Waals surface area contributed by atoms with Gasteiger partial charge in [-0.2, -0.15) is 0 Å².